The summed E-state index contributed by atoms with van der Waals surface area (Å²) >= 11 is 1.34. The third kappa shape index (κ3) is 1.89. The van der Waals surface area contributed by atoms with Gasteiger partial charge in [-0.25, -0.2) is 4.98 Å². The zero-order chi connectivity index (χ0) is 12.0. The fourth-order valence-corrected chi connectivity index (χ4v) is 2.80. The Morgan fingerprint density at radius 3 is 2.94 bits per heavy atom. The Bertz CT molecular complexity index is 459. The first-order valence-electron chi connectivity index (χ1n) is 5.69. The van der Waals surface area contributed by atoms with Crippen LogP contribution in [0.1, 0.15) is 31.0 Å². The smallest absolute Gasteiger partial charge is 0.325 e. The third-order valence-corrected chi connectivity index (χ3v) is 4.16. The Hall–Kier alpha value is -1.21. The molecule has 3 N–H and O–H groups in total. The largest absolute Gasteiger partial charge is 0.480 e. The minimum Gasteiger partial charge on any atom is -0.480 e. The second-order valence-corrected chi connectivity index (χ2v) is 5.57. The molecule has 2 aliphatic rings. The first-order valence-corrected chi connectivity index (χ1v) is 6.47. The minimum atomic E-state index is -1.13. The fourth-order valence-electron chi connectivity index (χ4n) is 2.03. The molecule has 1 unspecified atom stereocenters. The van der Waals surface area contributed by atoms with Crippen LogP contribution in [0.25, 0.3) is 0 Å². The normalized spacial score (nSPS) is 28.6. The highest BCUT2D eigenvalue weighted by molar-refractivity contribution is 7.09. The zero-order valence-corrected chi connectivity index (χ0v) is 10.1. The van der Waals surface area contributed by atoms with Gasteiger partial charge in [-0.2, -0.15) is 4.37 Å². The first-order chi connectivity index (χ1) is 8.08. The molecule has 0 bridgehead atoms. The van der Waals surface area contributed by atoms with Gasteiger partial charge >= 0.3 is 5.97 Å². The van der Waals surface area contributed by atoms with Crippen molar-refractivity contribution >= 4 is 22.6 Å². The number of hydrogen-bond donors (Lipinski definition) is 2. The lowest BCUT2D eigenvalue weighted by Gasteiger charge is -2.18. The first kappa shape index (κ1) is 10.9. The SMILES string of the molecule is NC1(C(=O)O)CCN(c2nc(C3CC3)ns2)C1. The number of rotatable bonds is 3. The van der Waals surface area contributed by atoms with E-state index in [2.05, 4.69) is 9.36 Å². The van der Waals surface area contributed by atoms with Gasteiger partial charge in [0.25, 0.3) is 0 Å². The monoisotopic (exact) mass is 254 g/mol. The summed E-state index contributed by atoms with van der Waals surface area (Å²) in [5.41, 5.74) is 4.69. The van der Waals surface area contributed by atoms with Crippen LogP contribution in [0.15, 0.2) is 0 Å². The van der Waals surface area contributed by atoms with Crippen LogP contribution < -0.4 is 10.6 Å². The third-order valence-electron chi connectivity index (χ3n) is 3.37. The van der Waals surface area contributed by atoms with Crippen LogP contribution >= 0.6 is 11.5 Å². The fraction of sp³-hybridized carbons (Fsp3) is 0.700. The molecule has 1 saturated heterocycles. The zero-order valence-electron chi connectivity index (χ0n) is 9.30. The van der Waals surface area contributed by atoms with E-state index in [-0.39, 0.29) is 0 Å². The van der Waals surface area contributed by atoms with Gasteiger partial charge in [0.1, 0.15) is 11.4 Å². The number of nitrogens with zero attached hydrogens (tertiary/aromatic N) is 3. The number of nitrogens with two attached hydrogens (primary N) is 1. The van der Waals surface area contributed by atoms with Crippen molar-refractivity contribution in [3.63, 3.8) is 0 Å². The Morgan fingerprint density at radius 2 is 2.35 bits per heavy atom. The molecule has 0 radical (unpaired) electrons. The second-order valence-electron chi connectivity index (χ2n) is 4.84. The maximum absolute atomic E-state index is 11.0. The molecule has 0 amide bonds. The van der Waals surface area contributed by atoms with Gasteiger partial charge in [-0.15, -0.1) is 0 Å². The molecule has 1 atom stereocenters. The van der Waals surface area contributed by atoms with E-state index in [4.69, 9.17) is 10.8 Å². The Balaban J connectivity index is 1.74. The molecule has 2 fully saturated rings. The molecule has 92 valence electrons. The minimum absolute atomic E-state index is 0.321. The Kier molecular flexibility index (Phi) is 2.34. The standard InChI is InChI=1S/C10H14N4O2S/c11-10(8(15)16)3-4-14(5-10)9-12-7(13-17-9)6-1-2-6/h6H,1-5,11H2,(H,15,16). The average molecular weight is 254 g/mol. The van der Waals surface area contributed by atoms with Crippen LogP contribution in [0.3, 0.4) is 0 Å². The Morgan fingerprint density at radius 1 is 1.59 bits per heavy atom. The number of aliphatic carboxylic acids is 1. The highest BCUT2D eigenvalue weighted by atomic mass is 32.1. The molecule has 1 aliphatic carbocycles. The summed E-state index contributed by atoms with van der Waals surface area (Å²) in [6, 6.07) is 0. The van der Waals surface area contributed by atoms with E-state index >= 15 is 0 Å². The summed E-state index contributed by atoms with van der Waals surface area (Å²) in [7, 11) is 0. The lowest BCUT2D eigenvalue weighted by molar-refractivity contribution is -0.142. The van der Waals surface area contributed by atoms with Crippen LogP contribution in [0.2, 0.25) is 0 Å². The number of hydrogen-bond acceptors (Lipinski definition) is 6. The van der Waals surface area contributed by atoms with Gasteiger partial charge in [-0.05, 0) is 19.3 Å². The summed E-state index contributed by atoms with van der Waals surface area (Å²) < 4.78 is 4.32. The molecule has 3 rings (SSSR count). The van der Waals surface area contributed by atoms with Gasteiger partial charge in [0.05, 0.1) is 0 Å². The van der Waals surface area contributed by atoms with Crippen molar-refractivity contribution in [2.24, 2.45) is 5.73 Å². The summed E-state index contributed by atoms with van der Waals surface area (Å²) in [5, 5.41) is 9.86. The van der Waals surface area contributed by atoms with Crippen molar-refractivity contribution in [3.8, 4) is 0 Å². The average Bonchev–Trinajstić information content (AvgIpc) is 2.88. The molecular weight excluding hydrogens is 240 g/mol. The van der Waals surface area contributed by atoms with E-state index < -0.39 is 11.5 Å². The molecule has 1 saturated carbocycles. The molecule has 1 aliphatic heterocycles. The molecule has 1 aromatic rings. The summed E-state index contributed by atoms with van der Waals surface area (Å²) in [6.07, 6.45) is 2.80. The molecule has 17 heavy (non-hydrogen) atoms. The second kappa shape index (κ2) is 3.64. The maximum atomic E-state index is 11.0. The van der Waals surface area contributed by atoms with Crippen LogP contribution in [-0.4, -0.2) is 39.1 Å². The number of carboxylic acids is 1. The van der Waals surface area contributed by atoms with Gasteiger partial charge in [-0.1, -0.05) is 0 Å². The molecule has 0 aromatic carbocycles. The number of anilines is 1. The van der Waals surface area contributed by atoms with Crippen molar-refractivity contribution in [2.75, 3.05) is 18.0 Å². The number of carbonyl (C=O) groups is 1. The summed E-state index contributed by atoms with van der Waals surface area (Å²) in [4.78, 5) is 17.4. The molecule has 1 aromatic heterocycles. The van der Waals surface area contributed by atoms with Crippen molar-refractivity contribution in [3.05, 3.63) is 5.82 Å². The topological polar surface area (TPSA) is 92.3 Å². The summed E-state index contributed by atoms with van der Waals surface area (Å²) in [5.74, 6) is 0.506. The van der Waals surface area contributed by atoms with Gasteiger partial charge in [0, 0.05) is 30.5 Å². The van der Waals surface area contributed by atoms with Crippen molar-refractivity contribution < 1.29 is 9.90 Å². The van der Waals surface area contributed by atoms with Crippen LogP contribution in [0.5, 0.6) is 0 Å². The van der Waals surface area contributed by atoms with Gasteiger partial charge < -0.3 is 15.7 Å². The van der Waals surface area contributed by atoms with E-state index in [0.29, 0.717) is 25.4 Å². The summed E-state index contributed by atoms with van der Waals surface area (Å²) in [6.45, 7) is 0.962. The Labute approximate surface area is 103 Å². The number of aromatic nitrogens is 2. The highest BCUT2D eigenvalue weighted by Gasteiger charge is 2.42. The lowest BCUT2D eigenvalue weighted by Crippen LogP contribution is -2.50. The van der Waals surface area contributed by atoms with Crippen LogP contribution in [0, 0.1) is 0 Å². The quantitative estimate of drug-likeness (QED) is 0.811. The van der Waals surface area contributed by atoms with E-state index in [1.165, 1.54) is 24.4 Å². The molecule has 2 heterocycles. The van der Waals surface area contributed by atoms with Crippen LogP contribution in [0.4, 0.5) is 5.13 Å². The molecular formula is C10H14N4O2S. The van der Waals surface area contributed by atoms with Crippen LogP contribution in [-0.2, 0) is 4.79 Å². The van der Waals surface area contributed by atoms with E-state index in [1.54, 1.807) is 0 Å². The predicted octanol–water partition coefficient (Wildman–Crippen LogP) is 0.408. The van der Waals surface area contributed by atoms with E-state index in [1.807, 2.05) is 4.90 Å². The van der Waals surface area contributed by atoms with Crippen molar-refractivity contribution in [1.82, 2.24) is 9.36 Å². The van der Waals surface area contributed by atoms with Gasteiger partial charge in [0.15, 0.2) is 0 Å². The molecule has 7 heteroatoms. The number of carboxylic acid groups (broad SMARTS) is 1. The van der Waals surface area contributed by atoms with E-state index in [9.17, 15) is 4.79 Å². The van der Waals surface area contributed by atoms with Gasteiger partial charge in [0.2, 0.25) is 5.13 Å². The maximum Gasteiger partial charge on any atom is 0.325 e. The molecule has 0 spiro atoms. The highest BCUT2D eigenvalue weighted by Crippen LogP contribution is 2.40. The lowest BCUT2D eigenvalue weighted by atomic mass is 10.0. The van der Waals surface area contributed by atoms with E-state index in [0.717, 1.165) is 11.0 Å². The van der Waals surface area contributed by atoms with Gasteiger partial charge in [-0.3, -0.25) is 4.79 Å². The van der Waals surface area contributed by atoms with Crippen molar-refractivity contribution in [1.29, 1.82) is 0 Å². The molecule has 6 nitrogen and oxygen atoms in total. The predicted molar refractivity (Wildman–Crippen MR) is 63.3 cm³/mol. The van der Waals surface area contributed by atoms with Crippen molar-refractivity contribution in [2.45, 2.75) is 30.7 Å².